The van der Waals surface area contributed by atoms with E-state index < -0.39 is 11.9 Å². The number of piperidine rings is 1. The lowest BCUT2D eigenvalue weighted by molar-refractivity contribution is -0.136. The number of likely N-dealkylation sites (tertiary alicyclic amines) is 1. The van der Waals surface area contributed by atoms with Crippen molar-refractivity contribution in [2.75, 3.05) is 45.3 Å². The smallest absolute Gasteiger partial charge is 0.255 e. The third-order valence-electron chi connectivity index (χ3n) is 10.6. The normalized spacial score (nSPS) is 20.4. The average molecular weight is 640 g/mol. The SMILES string of the molecule is COc1cc(-c2cc(C)c(=O)n(C)c2C)cc(OC)c1CN1CCC2(C1)CN(c1ccc3c(c1)C(=O)N(C1CCC(=O)NC1=O)C3)C2. The monoisotopic (exact) mass is 639 g/mol. The summed E-state index contributed by atoms with van der Waals surface area (Å²) in [4.78, 5) is 56.2. The molecule has 1 aromatic heterocycles. The molecule has 3 fully saturated rings. The second kappa shape index (κ2) is 11.6. The fourth-order valence-corrected chi connectivity index (χ4v) is 7.90. The van der Waals surface area contributed by atoms with Crippen LogP contribution in [-0.4, -0.2) is 78.5 Å². The van der Waals surface area contributed by atoms with Gasteiger partial charge in [-0.3, -0.25) is 29.4 Å². The molecule has 1 unspecified atom stereocenters. The molecule has 0 bridgehead atoms. The van der Waals surface area contributed by atoms with Crippen LogP contribution in [0.5, 0.6) is 11.5 Å². The maximum absolute atomic E-state index is 13.3. The van der Waals surface area contributed by atoms with Crippen molar-refractivity contribution < 1.29 is 23.9 Å². The quantitative estimate of drug-likeness (QED) is 0.393. The number of imide groups is 1. The number of fused-ring (bicyclic) bond motifs is 1. The first-order valence-electron chi connectivity index (χ1n) is 16.2. The molecule has 2 aromatic carbocycles. The van der Waals surface area contributed by atoms with Gasteiger partial charge in [0.15, 0.2) is 0 Å². The number of pyridine rings is 1. The van der Waals surface area contributed by atoms with E-state index in [0.717, 1.165) is 77.7 Å². The average Bonchev–Trinajstić information content (AvgIpc) is 3.62. The number of benzene rings is 2. The summed E-state index contributed by atoms with van der Waals surface area (Å²) in [6.07, 6.45) is 1.69. The number of carbonyl (C=O) groups is 3. The topological polar surface area (TPSA) is 113 Å². The van der Waals surface area contributed by atoms with E-state index in [2.05, 4.69) is 21.2 Å². The van der Waals surface area contributed by atoms with Crippen molar-refractivity contribution in [3.05, 3.63) is 74.7 Å². The van der Waals surface area contributed by atoms with Gasteiger partial charge in [-0.15, -0.1) is 0 Å². The van der Waals surface area contributed by atoms with Crippen LogP contribution < -0.4 is 25.2 Å². The number of amides is 3. The third kappa shape index (κ3) is 5.26. The molecule has 0 radical (unpaired) electrons. The Labute approximate surface area is 274 Å². The van der Waals surface area contributed by atoms with Gasteiger partial charge in [-0.05, 0) is 74.7 Å². The molecule has 5 heterocycles. The highest BCUT2D eigenvalue weighted by atomic mass is 16.5. The van der Waals surface area contributed by atoms with Crippen LogP contribution in [0.2, 0.25) is 0 Å². The Morgan fingerprint density at radius 1 is 0.936 bits per heavy atom. The number of hydrogen-bond acceptors (Lipinski definition) is 8. The van der Waals surface area contributed by atoms with Crippen LogP contribution in [0.4, 0.5) is 5.69 Å². The number of anilines is 1. The predicted molar refractivity (Wildman–Crippen MR) is 177 cm³/mol. The summed E-state index contributed by atoms with van der Waals surface area (Å²) in [7, 11) is 5.16. The number of aromatic nitrogens is 1. The Kier molecular flexibility index (Phi) is 7.62. The van der Waals surface area contributed by atoms with Crippen LogP contribution in [0.3, 0.4) is 0 Å². The van der Waals surface area contributed by atoms with E-state index in [4.69, 9.17) is 9.47 Å². The number of nitrogens with zero attached hydrogens (tertiary/aromatic N) is 4. The van der Waals surface area contributed by atoms with Gasteiger partial charge in [0.2, 0.25) is 11.8 Å². The van der Waals surface area contributed by atoms with E-state index in [1.54, 1.807) is 30.7 Å². The molecule has 4 aliphatic heterocycles. The Balaban J connectivity index is 1.03. The van der Waals surface area contributed by atoms with Gasteiger partial charge in [-0.25, -0.2) is 0 Å². The molecule has 0 aliphatic carbocycles. The summed E-state index contributed by atoms with van der Waals surface area (Å²) in [6, 6.07) is 11.4. The summed E-state index contributed by atoms with van der Waals surface area (Å²) in [5, 5.41) is 2.37. The molecule has 246 valence electrons. The Bertz CT molecular complexity index is 1850. The van der Waals surface area contributed by atoms with E-state index in [-0.39, 0.29) is 29.2 Å². The molecule has 11 heteroatoms. The Hall–Kier alpha value is -4.64. The zero-order valence-electron chi connectivity index (χ0n) is 27.6. The summed E-state index contributed by atoms with van der Waals surface area (Å²) in [5.41, 5.74) is 7.25. The van der Waals surface area contributed by atoms with E-state index in [9.17, 15) is 19.2 Å². The third-order valence-corrected chi connectivity index (χ3v) is 10.6. The minimum Gasteiger partial charge on any atom is -0.496 e. The van der Waals surface area contributed by atoms with Crippen molar-refractivity contribution in [2.24, 2.45) is 12.5 Å². The summed E-state index contributed by atoms with van der Waals surface area (Å²) < 4.78 is 13.5. The first-order valence-corrected chi connectivity index (χ1v) is 16.2. The van der Waals surface area contributed by atoms with Gasteiger partial charge in [-0.1, -0.05) is 6.07 Å². The Morgan fingerprint density at radius 3 is 2.34 bits per heavy atom. The van der Waals surface area contributed by atoms with Gasteiger partial charge in [0.05, 0.1) is 19.8 Å². The highest BCUT2D eigenvalue weighted by molar-refractivity contribution is 6.05. The van der Waals surface area contributed by atoms with Crippen molar-refractivity contribution in [3.8, 4) is 22.6 Å². The van der Waals surface area contributed by atoms with E-state index in [1.165, 1.54) is 0 Å². The molecular weight excluding hydrogens is 598 g/mol. The molecule has 11 nitrogen and oxygen atoms in total. The molecule has 7 rings (SSSR count). The van der Waals surface area contributed by atoms with Crippen LogP contribution in [0.15, 0.2) is 41.2 Å². The number of nitrogens with one attached hydrogen (secondary N) is 1. The lowest BCUT2D eigenvalue weighted by Crippen LogP contribution is -2.57. The molecular formula is C36H41N5O6. The standard InChI is InChI=1S/C36H41N5O6/c1-21-12-26(22(2)38(3)34(21)44)24-13-30(46-4)28(31(14-24)47-5)17-39-11-10-36(18-39)19-40(20-36)25-7-6-23-16-41(35(45)27(23)15-25)29-8-9-32(42)37-33(29)43/h6-7,12-15,29H,8-11,16-20H2,1-5H3,(H,37,42,43). The van der Waals surface area contributed by atoms with Crippen molar-refractivity contribution >= 4 is 23.4 Å². The van der Waals surface area contributed by atoms with Crippen LogP contribution in [0.1, 0.15) is 52.0 Å². The minimum atomic E-state index is -0.608. The number of ether oxygens (including phenoxy) is 2. The van der Waals surface area contributed by atoms with Gasteiger partial charge in [0, 0.05) is 79.7 Å². The molecule has 4 aliphatic rings. The number of rotatable bonds is 7. The fraction of sp³-hybridized carbons (Fsp3) is 0.444. The van der Waals surface area contributed by atoms with Gasteiger partial charge in [0.1, 0.15) is 17.5 Å². The minimum absolute atomic E-state index is 0.000379. The van der Waals surface area contributed by atoms with Gasteiger partial charge in [0.25, 0.3) is 11.5 Å². The summed E-state index contributed by atoms with van der Waals surface area (Å²) in [6.45, 7) is 8.60. The Morgan fingerprint density at radius 2 is 1.66 bits per heavy atom. The lowest BCUT2D eigenvalue weighted by atomic mass is 9.78. The summed E-state index contributed by atoms with van der Waals surface area (Å²) >= 11 is 0. The highest BCUT2D eigenvalue weighted by Crippen LogP contribution is 2.45. The van der Waals surface area contributed by atoms with Gasteiger partial charge >= 0.3 is 0 Å². The van der Waals surface area contributed by atoms with Gasteiger partial charge in [-0.2, -0.15) is 0 Å². The van der Waals surface area contributed by atoms with E-state index in [0.29, 0.717) is 30.6 Å². The van der Waals surface area contributed by atoms with Gasteiger partial charge < -0.3 is 23.8 Å². The molecule has 3 saturated heterocycles. The van der Waals surface area contributed by atoms with E-state index >= 15 is 0 Å². The highest BCUT2D eigenvalue weighted by Gasteiger charge is 2.48. The molecule has 3 aromatic rings. The first-order chi connectivity index (χ1) is 22.5. The molecule has 1 spiro atoms. The fourth-order valence-electron chi connectivity index (χ4n) is 7.90. The second-order valence-electron chi connectivity index (χ2n) is 13.6. The lowest BCUT2D eigenvalue weighted by Gasteiger charge is -2.49. The number of aryl methyl sites for hydroxylation is 1. The molecule has 1 N–H and O–H groups in total. The molecule has 3 amide bonds. The van der Waals surface area contributed by atoms with Crippen molar-refractivity contribution in [3.63, 3.8) is 0 Å². The summed E-state index contributed by atoms with van der Waals surface area (Å²) in [5.74, 6) is 0.702. The number of hydrogen-bond donors (Lipinski definition) is 1. The molecule has 1 atom stereocenters. The van der Waals surface area contributed by atoms with E-state index in [1.807, 2.05) is 44.2 Å². The van der Waals surface area contributed by atoms with Crippen molar-refractivity contribution in [1.29, 1.82) is 0 Å². The van der Waals surface area contributed by atoms with Crippen molar-refractivity contribution in [2.45, 2.75) is 52.2 Å². The molecule has 47 heavy (non-hydrogen) atoms. The first kappa shape index (κ1) is 31.0. The number of methoxy groups -OCH3 is 2. The van der Waals surface area contributed by atoms with Crippen LogP contribution in [0.25, 0.3) is 11.1 Å². The predicted octanol–water partition coefficient (Wildman–Crippen LogP) is 3.16. The zero-order valence-corrected chi connectivity index (χ0v) is 27.6. The maximum atomic E-state index is 13.3. The van der Waals surface area contributed by atoms with Crippen molar-refractivity contribution in [1.82, 2.24) is 19.7 Å². The van der Waals surface area contributed by atoms with Crippen LogP contribution >= 0.6 is 0 Å². The van der Waals surface area contributed by atoms with Crippen LogP contribution in [0, 0.1) is 19.3 Å². The van der Waals surface area contributed by atoms with Crippen LogP contribution in [-0.2, 0) is 29.7 Å². The largest absolute Gasteiger partial charge is 0.496 e. The molecule has 0 saturated carbocycles. The zero-order chi connectivity index (χ0) is 33.2. The maximum Gasteiger partial charge on any atom is 0.255 e. The number of carbonyl (C=O) groups excluding carboxylic acids is 3. The second-order valence-corrected chi connectivity index (χ2v) is 13.6.